The second kappa shape index (κ2) is 3.65. The molecule has 0 fully saturated rings. The maximum absolute atomic E-state index is 9.75. The maximum atomic E-state index is 9.75. The topological polar surface area (TPSA) is 68.1 Å². The summed E-state index contributed by atoms with van der Waals surface area (Å²) in [5.41, 5.74) is 7.16. The second-order valence-electron chi connectivity index (χ2n) is 2.13. The van der Waals surface area contributed by atoms with Crippen LogP contribution in [0.4, 0.5) is 5.69 Å². The van der Waals surface area contributed by atoms with Crippen LogP contribution in [0.2, 0.25) is 0 Å². The zero-order chi connectivity index (χ0) is 8.10. The van der Waals surface area contributed by atoms with Gasteiger partial charge < -0.3 is 15.5 Å². The van der Waals surface area contributed by atoms with Gasteiger partial charge in [-0.3, -0.25) is 4.79 Å². The highest BCUT2D eigenvalue weighted by molar-refractivity contribution is 5.43. The molecule has 0 atom stereocenters. The quantitative estimate of drug-likeness (QED) is 0.484. The van der Waals surface area contributed by atoms with E-state index in [1.165, 1.54) is 0 Å². The summed E-state index contributed by atoms with van der Waals surface area (Å²) in [5.74, 6) is 0. The Kier molecular flexibility index (Phi) is 2.54. The second-order valence-corrected chi connectivity index (χ2v) is 2.13. The molecule has 1 heterocycles. The van der Waals surface area contributed by atoms with E-state index in [1.807, 2.05) is 0 Å². The standard InChI is InChI=1S/C7H10N2O2/c8-6-1-3-9-7(6)2-4-11-5-10/h1,3,5,9H,2,4,8H2. The average Bonchev–Trinajstić information content (AvgIpc) is 2.37. The lowest BCUT2D eigenvalue weighted by Crippen LogP contribution is -1.99. The van der Waals surface area contributed by atoms with Crippen LogP contribution in [-0.4, -0.2) is 18.1 Å². The third kappa shape index (κ3) is 2.00. The van der Waals surface area contributed by atoms with Crippen molar-refractivity contribution in [1.82, 2.24) is 4.98 Å². The van der Waals surface area contributed by atoms with E-state index in [9.17, 15) is 4.79 Å². The Bertz CT molecular complexity index is 232. The van der Waals surface area contributed by atoms with Gasteiger partial charge >= 0.3 is 0 Å². The molecule has 4 heteroatoms. The largest absolute Gasteiger partial charge is 0.467 e. The van der Waals surface area contributed by atoms with Gasteiger partial charge in [0, 0.05) is 18.3 Å². The third-order valence-corrected chi connectivity index (χ3v) is 1.41. The smallest absolute Gasteiger partial charge is 0.293 e. The van der Waals surface area contributed by atoms with Gasteiger partial charge in [0.25, 0.3) is 6.47 Å². The maximum Gasteiger partial charge on any atom is 0.293 e. The van der Waals surface area contributed by atoms with E-state index in [1.54, 1.807) is 12.3 Å². The van der Waals surface area contributed by atoms with Crippen molar-refractivity contribution in [2.75, 3.05) is 12.3 Å². The van der Waals surface area contributed by atoms with E-state index in [0.29, 0.717) is 25.2 Å². The van der Waals surface area contributed by atoms with E-state index in [0.717, 1.165) is 5.69 Å². The Hall–Kier alpha value is -1.45. The van der Waals surface area contributed by atoms with Gasteiger partial charge in [-0.25, -0.2) is 0 Å². The van der Waals surface area contributed by atoms with Gasteiger partial charge in [0.15, 0.2) is 0 Å². The number of H-pyrrole nitrogens is 1. The van der Waals surface area contributed by atoms with Crippen LogP contribution >= 0.6 is 0 Å². The lowest BCUT2D eigenvalue weighted by molar-refractivity contribution is -0.128. The molecule has 0 bridgehead atoms. The SMILES string of the molecule is Nc1cc[nH]c1CCOC=O. The Labute approximate surface area is 64.4 Å². The molecular weight excluding hydrogens is 144 g/mol. The molecule has 0 amide bonds. The summed E-state index contributed by atoms with van der Waals surface area (Å²) in [5, 5.41) is 0. The number of hydrogen-bond acceptors (Lipinski definition) is 3. The van der Waals surface area contributed by atoms with Gasteiger partial charge in [0.05, 0.1) is 12.3 Å². The van der Waals surface area contributed by atoms with Crippen molar-refractivity contribution in [3.8, 4) is 0 Å². The first kappa shape index (κ1) is 7.65. The van der Waals surface area contributed by atoms with E-state index in [4.69, 9.17) is 5.73 Å². The number of aromatic amines is 1. The van der Waals surface area contributed by atoms with Crippen molar-refractivity contribution in [1.29, 1.82) is 0 Å². The Morgan fingerprint density at radius 3 is 3.09 bits per heavy atom. The number of carbonyl (C=O) groups excluding carboxylic acids is 1. The number of hydrogen-bond donors (Lipinski definition) is 2. The van der Waals surface area contributed by atoms with Crippen molar-refractivity contribution >= 4 is 12.2 Å². The van der Waals surface area contributed by atoms with Gasteiger partial charge in [-0.2, -0.15) is 0 Å². The minimum absolute atomic E-state index is 0.369. The van der Waals surface area contributed by atoms with E-state index in [2.05, 4.69) is 9.72 Å². The molecule has 0 aliphatic heterocycles. The lowest BCUT2D eigenvalue weighted by Gasteiger charge is -1.97. The summed E-state index contributed by atoms with van der Waals surface area (Å²) in [7, 11) is 0. The normalized spacial score (nSPS) is 9.45. The number of carbonyl (C=O) groups is 1. The van der Waals surface area contributed by atoms with Crippen LogP contribution < -0.4 is 5.73 Å². The third-order valence-electron chi connectivity index (χ3n) is 1.41. The Balaban J connectivity index is 2.38. The molecule has 60 valence electrons. The number of ether oxygens (including phenoxy) is 1. The Morgan fingerprint density at radius 2 is 2.55 bits per heavy atom. The molecule has 3 N–H and O–H groups in total. The predicted molar refractivity (Wildman–Crippen MR) is 40.9 cm³/mol. The summed E-state index contributed by atoms with van der Waals surface area (Å²) >= 11 is 0. The molecule has 1 rings (SSSR count). The van der Waals surface area contributed by atoms with Crippen LogP contribution in [-0.2, 0) is 16.0 Å². The molecular formula is C7H10N2O2. The van der Waals surface area contributed by atoms with Gasteiger partial charge in [0.1, 0.15) is 0 Å². The number of anilines is 1. The fourth-order valence-corrected chi connectivity index (χ4v) is 0.842. The van der Waals surface area contributed by atoms with E-state index in [-0.39, 0.29) is 0 Å². The molecule has 1 aromatic heterocycles. The van der Waals surface area contributed by atoms with Crippen LogP contribution in [0.3, 0.4) is 0 Å². The van der Waals surface area contributed by atoms with Gasteiger partial charge in [-0.15, -0.1) is 0 Å². The first-order chi connectivity index (χ1) is 5.34. The minimum atomic E-state index is 0.369. The summed E-state index contributed by atoms with van der Waals surface area (Å²) in [4.78, 5) is 12.7. The molecule has 0 saturated heterocycles. The highest BCUT2D eigenvalue weighted by atomic mass is 16.5. The van der Waals surface area contributed by atoms with Crippen LogP contribution in [0.25, 0.3) is 0 Å². The van der Waals surface area contributed by atoms with Crippen LogP contribution in [0, 0.1) is 0 Å². The van der Waals surface area contributed by atoms with Gasteiger partial charge in [-0.1, -0.05) is 0 Å². The molecule has 0 aliphatic carbocycles. The average molecular weight is 154 g/mol. The monoisotopic (exact) mass is 154 g/mol. The Morgan fingerprint density at radius 1 is 1.73 bits per heavy atom. The zero-order valence-electron chi connectivity index (χ0n) is 6.04. The van der Waals surface area contributed by atoms with Crippen molar-refractivity contribution in [2.24, 2.45) is 0 Å². The number of rotatable bonds is 4. The number of nitrogens with two attached hydrogens (primary N) is 1. The van der Waals surface area contributed by atoms with E-state index < -0.39 is 0 Å². The highest BCUT2D eigenvalue weighted by Crippen LogP contribution is 2.08. The molecule has 11 heavy (non-hydrogen) atoms. The minimum Gasteiger partial charge on any atom is -0.467 e. The first-order valence-corrected chi connectivity index (χ1v) is 3.31. The summed E-state index contributed by atoms with van der Waals surface area (Å²) in [6.45, 7) is 0.799. The number of nitrogen functional groups attached to an aromatic ring is 1. The van der Waals surface area contributed by atoms with Gasteiger partial charge in [-0.05, 0) is 6.07 Å². The summed E-state index contributed by atoms with van der Waals surface area (Å²) in [6.07, 6.45) is 2.39. The molecule has 0 saturated carbocycles. The number of nitrogens with one attached hydrogen (secondary N) is 1. The molecule has 4 nitrogen and oxygen atoms in total. The molecule has 0 radical (unpaired) electrons. The first-order valence-electron chi connectivity index (χ1n) is 3.31. The van der Waals surface area contributed by atoms with Crippen LogP contribution in [0.15, 0.2) is 12.3 Å². The van der Waals surface area contributed by atoms with Crippen LogP contribution in [0.1, 0.15) is 5.69 Å². The fourth-order valence-electron chi connectivity index (χ4n) is 0.842. The fraction of sp³-hybridized carbons (Fsp3) is 0.286. The highest BCUT2D eigenvalue weighted by Gasteiger charge is 1.98. The van der Waals surface area contributed by atoms with Crippen molar-refractivity contribution in [2.45, 2.75) is 6.42 Å². The number of aromatic nitrogens is 1. The summed E-state index contributed by atoms with van der Waals surface area (Å²) < 4.78 is 4.51. The molecule has 0 unspecified atom stereocenters. The zero-order valence-corrected chi connectivity index (χ0v) is 6.04. The predicted octanol–water partition coefficient (Wildman–Crippen LogP) is 0.312. The lowest BCUT2D eigenvalue weighted by atomic mass is 10.3. The van der Waals surface area contributed by atoms with Crippen LogP contribution in [0.5, 0.6) is 0 Å². The van der Waals surface area contributed by atoms with Crippen molar-refractivity contribution in [3.63, 3.8) is 0 Å². The molecule has 0 spiro atoms. The molecule has 1 aromatic rings. The van der Waals surface area contributed by atoms with Crippen molar-refractivity contribution < 1.29 is 9.53 Å². The molecule has 0 aliphatic rings. The van der Waals surface area contributed by atoms with E-state index >= 15 is 0 Å². The van der Waals surface area contributed by atoms with Gasteiger partial charge in [0.2, 0.25) is 0 Å². The molecule has 0 aromatic carbocycles. The summed E-state index contributed by atoms with van der Waals surface area (Å²) in [6, 6.07) is 1.77. The van der Waals surface area contributed by atoms with Crippen molar-refractivity contribution in [3.05, 3.63) is 18.0 Å².